The van der Waals surface area contributed by atoms with Crippen LogP contribution in [0.5, 0.6) is 0 Å². The van der Waals surface area contributed by atoms with Gasteiger partial charge in [-0.3, -0.25) is 0 Å². The third kappa shape index (κ3) is 6.20. The van der Waals surface area contributed by atoms with E-state index >= 15 is 0 Å². The summed E-state index contributed by atoms with van der Waals surface area (Å²) in [7, 11) is 6.70. The molecule has 0 saturated carbocycles. The lowest BCUT2D eigenvalue weighted by Crippen LogP contribution is -3.00. The minimum absolute atomic E-state index is 0. The van der Waals surface area contributed by atoms with Gasteiger partial charge in [-0.25, -0.2) is 0 Å². The molecule has 0 amide bonds. The highest BCUT2D eigenvalue weighted by molar-refractivity contribution is 5.03. The zero-order valence-corrected chi connectivity index (χ0v) is 12.3. The van der Waals surface area contributed by atoms with E-state index in [9.17, 15) is 0 Å². The van der Waals surface area contributed by atoms with Crippen LogP contribution in [0.25, 0.3) is 0 Å². The minimum atomic E-state index is 0. The highest BCUT2D eigenvalue weighted by Gasteiger charge is 2.11. The molecule has 88 valence electrons. The quantitative estimate of drug-likeness (QED) is 0.544. The minimum Gasteiger partial charge on any atom is -1.00 e. The Labute approximate surface area is 110 Å². The summed E-state index contributed by atoms with van der Waals surface area (Å²) < 4.78 is 6.42. The van der Waals surface area contributed by atoms with Gasteiger partial charge in [-0.2, -0.15) is 0 Å². The second-order valence-electron chi connectivity index (χ2n) is 5.07. The van der Waals surface area contributed by atoms with Gasteiger partial charge in [0.1, 0.15) is 5.76 Å². The van der Waals surface area contributed by atoms with E-state index in [0.29, 0.717) is 5.92 Å². The molecule has 1 heterocycles. The van der Waals surface area contributed by atoms with Crippen LogP contribution >= 0.6 is 0 Å². The summed E-state index contributed by atoms with van der Waals surface area (Å²) in [5, 5.41) is 0. The van der Waals surface area contributed by atoms with Crippen LogP contribution in [0.15, 0.2) is 22.8 Å². The summed E-state index contributed by atoms with van der Waals surface area (Å²) in [5.41, 5.74) is 0. The molecule has 1 aromatic rings. The molecular weight excluding hydrogens is 301 g/mol. The van der Waals surface area contributed by atoms with Crippen LogP contribution in [0.1, 0.15) is 31.4 Å². The molecule has 0 aliphatic carbocycles. The Bertz CT molecular complexity index is 251. The first-order valence-electron chi connectivity index (χ1n) is 5.33. The number of furan rings is 1. The fraction of sp³-hybridized carbons (Fsp3) is 0.667. The van der Waals surface area contributed by atoms with E-state index in [2.05, 4.69) is 34.1 Å². The van der Waals surface area contributed by atoms with Crippen molar-refractivity contribution in [2.45, 2.75) is 25.7 Å². The molecule has 0 bridgehead atoms. The largest absolute Gasteiger partial charge is 1.00 e. The Morgan fingerprint density at radius 1 is 1.33 bits per heavy atom. The van der Waals surface area contributed by atoms with E-state index in [0.717, 1.165) is 10.2 Å². The molecule has 2 nitrogen and oxygen atoms in total. The zero-order chi connectivity index (χ0) is 10.6. The van der Waals surface area contributed by atoms with E-state index in [4.69, 9.17) is 4.42 Å². The summed E-state index contributed by atoms with van der Waals surface area (Å²) in [6, 6.07) is 4.03. The first-order chi connectivity index (χ1) is 6.49. The second-order valence-corrected chi connectivity index (χ2v) is 5.07. The van der Waals surface area contributed by atoms with Crippen LogP contribution in [0, 0.1) is 0 Å². The van der Waals surface area contributed by atoms with Crippen LogP contribution < -0.4 is 24.0 Å². The molecule has 0 aromatic carbocycles. The Kier molecular flexibility index (Phi) is 6.52. The third-order valence-corrected chi connectivity index (χ3v) is 2.49. The van der Waals surface area contributed by atoms with Gasteiger partial charge in [-0.1, -0.05) is 6.92 Å². The molecule has 0 spiro atoms. The molecule has 1 aromatic heterocycles. The van der Waals surface area contributed by atoms with Crippen LogP contribution in [0.4, 0.5) is 0 Å². The summed E-state index contributed by atoms with van der Waals surface area (Å²) >= 11 is 0. The average molecular weight is 323 g/mol. The molecule has 1 atom stereocenters. The number of hydrogen-bond acceptors (Lipinski definition) is 1. The maximum Gasteiger partial charge on any atom is 0.106 e. The van der Waals surface area contributed by atoms with Gasteiger partial charge in [-0.05, 0) is 25.0 Å². The van der Waals surface area contributed by atoms with Gasteiger partial charge in [0.15, 0.2) is 0 Å². The Morgan fingerprint density at radius 3 is 2.47 bits per heavy atom. The molecule has 0 radical (unpaired) electrons. The van der Waals surface area contributed by atoms with Gasteiger partial charge in [0.05, 0.1) is 34.0 Å². The second kappa shape index (κ2) is 6.53. The summed E-state index contributed by atoms with van der Waals surface area (Å²) in [4.78, 5) is 0. The van der Waals surface area contributed by atoms with Crippen molar-refractivity contribution >= 4 is 0 Å². The van der Waals surface area contributed by atoms with Crippen molar-refractivity contribution in [3.8, 4) is 0 Å². The molecule has 0 saturated heterocycles. The van der Waals surface area contributed by atoms with Gasteiger partial charge in [0.25, 0.3) is 0 Å². The maximum absolute atomic E-state index is 5.37. The molecule has 0 aliphatic heterocycles. The maximum atomic E-state index is 5.37. The van der Waals surface area contributed by atoms with Crippen LogP contribution in [-0.2, 0) is 0 Å². The standard InChI is InChI=1S/C12H22NO.HI/c1-11(12-8-6-10-14-12)7-5-9-13(2,3)4;/h6,8,10-11H,5,7,9H2,1-4H3;1H/q+1;/p-1. The SMILES string of the molecule is CC(CCC[N+](C)(C)C)c1ccco1.[I-]. The number of rotatable bonds is 5. The molecular formula is C12H22INO. The summed E-state index contributed by atoms with van der Waals surface area (Å²) in [6.45, 7) is 3.46. The fourth-order valence-corrected chi connectivity index (χ4v) is 1.59. The Balaban J connectivity index is 0.00000196. The van der Waals surface area contributed by atoms with Gasteiger partial charge in [0.2, 0.25) is 0 Å². The molecule has 1 unspecified atom stereocenters. The van der Waals surface area contributed by atoms with Crippen molar-refractivity contribution in [1.29, 1.82) is 0 Å². The smallest absolute Gasteiger partial charge is 0.106 e. The number of halogens is 1. The predicted octanol–water partition coefficient (Wildman–Crippen LogP) is -0.126. The zero-order valence-electron chi connectivity index (χ0n) is 10.2. The Hall–Kier alpha value is -0.0300. The van der Waals surface area contributed by atoms with Crippen molar-refractivity contribution in [3.63, 3.8) is 0 Å². The van der Waals surface area contributed by atoms with Crippen molar-refractivity contribution < 1.29 is 32.9 Å². The van der Waals surface area contributed by atoms with Gasteiger partial charge in [-0.15, -0.1) is 0 Å². The highest BCUT2D eigenvalue weighted by atomic mass is 127. The average Bonchev–Trinajstić information content (AvgIpc) is 2.53. The Morgan fingerprint density at radius 2 is 2.00 bits per heavy atom. The fourth-order valence-electron chi connectivity index (χ4n) is 1.59. The lowest BCUT2D eigenvalue weighted by atomic mass is 10.0. The summed E-state index contributed by atoms with van der Waals surface area (Å²) in [6.07, 6.45) is 4.22. The molecule has 1 rings (SSSR count). The number of nitrogens with zero attached hydrogens (tertiary/aromatic N) is 1. The van der Waals surface area contributed by atoms with Gasteiger partial charge < -0.3 is 32.9 Å². The molecule has 0 N–H and O–H groups in total. The molecule has 0 aliphatic rings. The van der Waals surface area contributed by atoms with Crippen molar-refractivity contribution in [2.24, 2.45) is 0 Å². The van der Waals surface area contributed by atoms with E-state index in [-0.39, 0.29) is 24.0 Å². The highest BCUT2D eigenvalue weighted by Crippen LogP contribution is 2.20. The van der Waals surface area contributed by atoms with E-state index in [1.807, 2.05) is 6.07 Å². The number of quaternary nitrogens is 1. The lowest BCUT2D eigenvalue weighted by Gasteiger charge is -2.24. The number of hydrogen-bond donors (Lipinski definition) is 0. The van der Waals surface area contributed by atoms with Gasteiger partial charge in [0, 0.05) is 5.92 Å². The van der Waals surface area contributed by atoms with Gasteiger partial charge >= 0.3 is 0 Å². The van der Waals surface area contributed by atoms with Crippen molar-refractivity contribution in [3.05, 3.63) is 24.2 Å². The summed E-state index contributed by atoms with van der Waals surface area (Å²) in [5.74, 6) is 1.67. The van der Waals surface area contributed by atoms with Crippen LogP contribution in [0.3, 0.4) is 0 Å². The van der Waals surface area contributed by atoms with E-state index in [1.54, 1.807) is 6.26 Å². The van der Waals surface area contributed by atoms with E-state index in [1.165, 1.54) is 19.4 Å². The normalized spacial score (nSPS) is 13.3. The molecule has 0 fully saturated rings. The van der Waals surface area contributed by atoms with Crippen molar-refractivity contribution in [2.75, 3.05) is 27.7 Å². The lowest BCUT2D eigenvalue weighted by molar-refractivity contribution is -0.870. The first-order valence-corrected chi connectivity index (χ1v) is 5.33. The van der Waals surface area contributed by atoms with Crippen LogP contribution in [0.2, 0.25) is 0 Å². The topological polar surface area (TPSA) is 13.1 Å². The van der Waals surface area contributed by atoms with E-state index < -0.39 is 0 Å². The van der Waals surface area contributed by atoms with Crippen LogP contribution in [-0.4, -0.2) is 32.2 Å². The molecule has 15 heavy (non-hydrogen) atoms. The predicted molar refractivity (Wildman–Crippen MR) is 59.3 cm³/mol. The third-order valence-electron chi connectivity index (χ3n) is 2.49. The molecule has 3 heteroatoms. The van der Waals surface area contributed by atoms with Crippen molar-refractivity contribution in [1.82, 2.24) is 0 Å². The monoisotopic (exact) mass is 323 g/mol. The first kappa shape index (κ1) is 15.0.